The molecule has 5 nitrogen and oxygen atoms in total. The maximum absolute atomic E-state index is 12.3. The van der Waals surface area contributed by atoms with Crippen LogP contribution < -0.4 is 4.72 Å². The van der Waals surface area contributed by atoms with Gasteiger partial charge in [0.25, 0.3) is 0 Å². The maximum atomic E-state index is 12.3. The lowest BCUT2D eigenvalue weighted by Crippen LogP contribution is -2.43. The summed E-state index contributed by atoms with van der Waals surface area (Å²) >= 11 is 0. The SMILES string of the molecule is CCCCCCCCCCCCCCCC(=O)[C@H](CO)NS(=O)(=O)c1ccccc1. The summed E-state index contributed by atoms with van der Waals surface area (Å²) in [5.74, 6) is -0.250. The summed E-state index contributed by atoms with van der Waals surface area (Å²) in [6, 6.07) is 6.83. The number of benzene rings is 1. The normalized spacial score (nSPS) is 12.7. The van der Waals surface area contributed by atoms with Gasteiger partial charge in [-0.3, -0.25) is 4.79 Å². The van der Waals surface area contributed by atoms with Gasteiger partial charge in [0, 0.05) is 6.42 Å². The molecular formula is C24H41NO4S. The quantitative estimate of drug-likeness (QED) is 0.284. The summed E-state index contributed by atoms with van der Waals surface area (Å²) in [4.78, 5) is 12.4. The number of rotatable bonds is 19. The predicted octanol–water partition coefficient (Wildman–Crippen LogP) is 5.38. The molecule has 0 aromatic heterocycles. The number of carbonyl (C=O) groups excluding carboxylic acids is 1. The number of hydrogen-bond acceptors (Lipinski definition) is 4. The Labute approximate surface area is 183 Å². The molecule has 1 atom stereocenters. The molecule has 0 radical (unpaired) electrons. The van der Waals surface area contributed by atoms with Crippen LogP contribution in [0.2, 0.25) is 0 Å². The lowest BCUT2D eigenvalue weighted by Gasteiger charge is -2.15. The van der Waals surface area contributed by atoms with Crippen LogP contribution in [-0.2, 0) is 14.8 Å². The Bertz CT molecular complexity index is 661. The Hall–Kier alpha value is -1.24. The third-order valence-electron chi connectivity index (χ3n) is 5.45. The van der Waals surface area contributed by atoms with Crippen molar-refractivity contribution in [3.8, 4) is 0 Å². The van der Waals surface area contributed by atoms with E-state index in [1.54, 1.807) is 18.2 Å². The highest BCUT2D eigenvalue weighted by Gasteiger charge is 2.24. The molecule has 30 heavy (non-hydrogen) atoms. The second-order valence-electron chi connectivity index (χ2n) is 8.13. The second kappa shape index (κ2) is 16.5. The molecule has 0 fully saturated rings. The van der Waals surface area contributed by atoms with Crippen LogP contribution in [0.1, 0.15) is 96.8 Å². The minimum Gasteiger partial charge on any atom is -0.394 e. The molecule has 172 valence electrons. The van der Waals surface area contributed by atoms with Gasteiger partial charge in [0.15, 0.2) is 5.78 Å². The van der Waals surface area contributed by atoms with Crippen molar-refractivity contribution in [2.45, 2.75) is 108 Å². The molecule has 0 spiro atoms. The molecule has 0 aliphatic heterocycles. The Balaban J connectivity index is 2.11. The molecule has 1 rings (SSSR count). The topological polar surface area (TPSA) is 83.5 Å². The number of unbranched alkanes of at least 4 members (excludes halogenated alkanes) is 12. The number of hydrogen-bond donors (Lipinski definition) is 2. The first-order valence-electron chi connectivity index (χ1n) is 11.7. The summed E-state index contributed by atoms with van der Waals surface area (Å²) in [7, 11) is -3.80. The molecular weight excluding hydrogens is 398 g/mol. The van der Waals surface area contributed by atoms with Crippen LogP contribution >= 0.6 is 0 Å². The fraction of sp³-hybridized carbons (Fsp3) is 0.708. The molecule has 0 heterocycles. The highest BCUT2D eigenvalue weighted by atomic mass is 32.2. The van der Waals surface area contributed by atoms with Gasteiger partial charge in [0.05, 0.1) is 11.5 Å². The van der Waals surface area contributed by atoms with Gasteiger partial charge in [-0.25, -0.2) is 8.42 Å². The first kappa shape index (κ1) is 26.8. The zero-order valence-electron chi connectivity index (χ0n) is 18.7. The average Bonchev–Trinajstić information content (AvgIpc) is 2.75. The number of Topliss-reactive ketones (excluding diaryl/α,β-unsaturated/α-hetero) is 1. The molecule has 0 aliphatic rings. The number of sulfonamides is 1. The summed E-state index contributed by atoms with van der Waals surface area (Å²) < 4.78 is 27.0. The van der Waals surface area contributed by atoms with Gasteiger partial charge in [-0.2, -0.15) is 4.72 Å². The first-order valence-corrected chi connectivity index (χ1v) is 13.2. The van der Waals surface area contributed by atoms with Crippen molar-refractivity contribution in [2.24, 2.45) is 0 Å². The van der Waals surface area contributed by atoms with E-state index in [0.29, 0.717) is 6.42 Å². The van der Waals surface area contributed by atoms with E-state index in [9.17, 15) is 18.3 Å². The van der Waals surface area contributed by atoms with Crippen LogP contribution in [0.15, 0.2) is 35.2 Å². The average molecular weight is 440 g/mol. The molecule has 1 aromatic rings. The van der Waals surface area contributed by atoms with Crippen molar-refractivity contribution in [2.75, 3.05) is 6.61 Å². The number of nitrogens with one attached hydrogen (secondary N) is 1. The van der Waals surface area contributed by atoms with Crippen molar-refractivity contribution >= 4 is 15.8 Å². The standard InChI is InChI=1S/C24H41NO4S/c1-2-3-4-5-6-7-8-9-10-11-12-13-17-20-24(27)23(21-26)25-30(28,29)22-18-15-14-16-19-22/h14-16,18-19,23,25-26H,2-13,17,20-21H2,1H3/t23-/m0/s1. The molecule has 2 N–H and O–H groups in total. The highest BCUT2D eigenvalue weighted by Crippen LogP contribution is 2.14. The van der Waals surface area contributed by atoms with Gasteiger partial charge in [0.1, 0.15) is 6.04 Å². The molecule has 0 aliphatic carbocycles. The van der Waals surface area contributed by atoms with Crippen LogP contribution in [0.3, 0.4) is 0 Å². The van der Waals surface area contributed by atoms with Gasteiger partial charge in [-0.05, 0) is 18.6 Å². The number of aliphatic hydroxyl groups is 1. The van der Waals surface area contributed by atoms with Crippen LogP contribution in [0.4, 0.5) is 0 Å². The smallest absolute Gasteiger partial charge is 0.241 e. The van der Waals surface area contributed by atoms with E-state index in [1.807, 2.05) is 0 Å². The number of carbonyl (C=O) groups is 1. The third-order valence-corrected chi connectivity index (χ3v) is 6.94. The Kier molecular flexibility index (Phi) is 14.7. The first-order chi connectivity index (χ1) is 14.5. The zero-order chi connectivity index (χ0) is 22.1. The van der Waals surface area contributed by atoms with E-state index in [-0.39, 0.29) is 10.7 Å². The van der Waals surface area contributed by atoms with E-state index >= 15 is 0 Å². The van der Waals surface area contributed by atoms with E-state index in [4.69, 9.17) is 0 Å². The van der Waals surface area contributed by atoms with Crippen LogP contribution in [0.5, 0.6) is 0 Å². The predicted molar refractivity (Wildman–Crippen MR) is 123 cm³/mol. The molecule has 0 saturated heterocycles. The van der Waals surface area contributed by atoms with Gasteiger partial charge in [0.2, 0.25) is 10.0 Å². The lowest BCUT2D eigenvalue weighted by molar-refractivity contribution is -0.121. The maximum Gasteiger partial charge on any atom is 0.241 e. The van der Waals surface area contributed by atoms with Crippen LogP contribution in [0.25, 0.3) is 0 Å². The second-order valence-corrected chi connectivity index (χ2v) is 9.84. The van der Waals surface area contributed by atoms with E-state index < -0.39 is 22.7 Å². The molecule has 0 unspecified atom stereocenters. The largest absolute Gasteiger partial charge is 0.394 e. The van der Waals surface area contributed by atoms with Gasteiger partial charge >= 0.3 is 0 Å². The number of aliphatic hydroxyl groups excluding tert-OH is 1. The highest BCUT2D eigenvalue weighted by molar-refractivity contribution is 7.89. The van der Waals surface area contributed by atoms with Gasteiger partial charge in [-0.1, -0.05) is 102 Å². The molecule has 6 heteroatoms. The molecule has 0 bridgehead atoms. The number of ketones is 1. The van der Waals surface area contributed by atoms with Crippen molar-refractivity contribution in [1.82, 2.24) is 4.72 Å². The summed E-state index contributed by atoms with van der Waals surface area (Å²) in [5, 5.41) is 9.46. The monoisotopic (exact) mass is 439 g/mol. The lowest BCUT2D eigenvalue weighted by atomic mass is 10.0. The van der Waals surface area contributed by atoms with Crippen molar-refractivity contribution in [3.05, 3.63) is 30.3 Å². The van der Waals surface area contributed by atoms with Crippen molar-refractivity contribution in [3.63, 3.8) is 0 Å². The summed E-state index contributed by atoms with van der Waals surface area (Å²) in [6.07, 6.45) is 16.3. The van der Waals surface area contributed by atoms with Crippen LogP contribution in [0, 0.1) is 0 Å². The van der Waals surface area contributed by atoms with Gasteiger partial charge in [-0.15, -0.1) is 0 Å². The summed E-state index contributed by atoms with van der Waals surface area (Å²) in [6.45, 7) is 1.72. The fourth-order valence-corrected chi connectivity index (χ4v) is 4.78. The Morgan fingerprint density at radius 3 is 1.77 bits per heavy atom. The minimum absolute atomic E-state index is 0.0946. The molecule has 0 saturated carbocycles. The van der Waals surface area contributed by atoms with Crippen molar-refractivity contribution in [1.29, 1.82) is 0 Å². The van der Waals surface area contributed by atoms with Crippen molar-refractivity contribution < 1.29 is 18.3 Å². The van der Waals surface area contributed by atoms with E-state index in [1.165, 1.54) is 76.3 Å². The zero-order valence-corrected chi connectivity index (χ0v) is 19.5. The minimum atomic E-state index is -3.80. The van der Waals surface area contributed by atoms with Gasteiger partial charge < -0.3 is 5.11 Å². The Morgan fingerprint density at radius 2 is 1.30 bits per heavy atom. The molecule has 1 aromatic carbocycles. The van der Waals surface area contributed by atoms with Crippen LogP contribution in [-0.4, -0.2) is 32.0 Å². The summed E-state index contributed by atoms with van der Waals surface area (Å²) in [5.41, 5.74) is 0. The fourth-order valence-electron chi connectivity index (χ4n) is 3.55. The molecule has 0 amide bonds. The van der Waals surface area contributed by atoms with E-state index in [2.05, 4.69) is 11.6 Å². The van der Waals surface area contributed by atoms with E-state index in [0.717, 1.165) is 19.3 Å². The Morgan fingerprint density at radius 1 is 0.833 bits per heavy atom. The third kappa shape index (κ3) is 11.8.